The van der Waals surface area contributed by atoms with E-state index in [4.69, 9.17) is 0 Å². The van der Waals surface area contributed by atoms with Gasteiger partial charge in [0.05, 0.1) is 11.0 Å². The third-order valence-corrected chi connectivity index (χ3v) is 12.9. The molecule has 2 heteroatoms. The monoisotopic (exact) mass is 727 g/mol. The summed E-state index contributed by atoms with van der Waals surface area (Å²) < 4.78 is 5.09. The minimum absolute atomic E-state index is 1.19. The fraction of sp³-hybridized carbons (Fsp3) is 0. The zero-order valence-corrected chi connectivity index (χ0v) is 31.2. The molecule has 0 aliphatic carbocycles. The second-order valence-electron chi connectivity index (χ2n) is 15.0. The molecule has 56 heavy (non-hydrogen) atoms. The molecule has 2 heterocycles. The smallest absolute Gasteiger partial charge is 0.0541 e. The third-order valence-electron chi connectivity index (χ3n) is 11.7. The van der Waals surface area contributed by atoms with E-state index in [0.29, 0.717) is 0 Å². The lowest BCUT2D eigenvalue weighted by atomic mass is 9.95. The van der Waals surface area contributed by atoms with Crippen molar-refractivity contribution >= 4 is 85.6 Å². The molecule has 0 aliphatic heterocycles. The van der Waals surface area contributed by atoms with E-state index in [0.717, 1.165) is 0 Å². The van der Waals surface area contributed by atoms with E-state index in [9.17, 15) is 0 Å². The van der Waals surface area contributed by atoms with Gasteiger partial charge in [-0.25, -0.2) is 0 Å². The first-order valence-corrected chi connectivity index (χ1v) is 20.0. The molecule has 0 saturated heterocycles. The highest BCUT2D eigenvalue weighted by atomic mass is 32.1. The first-order chi connectivity index (χ1) is 27.7. The molecule has 12 rings (SSSR count). The highest BCUT2D eigenvalue weighted by Crippen LogP contribution is 2.40. The Morgan fingerprint density at radius 3 is 1.46 bits per heavy atom. The minimum Gasteiger partial charge on any atom is -0.309 e. The van der Waals surface area contributed by atoms with E-state index in [1.54, 1.807) is 0 Å². The van der Waals surface area contributed by atoms with E-state index in [-0.39, 0.29) is 0 Å². The molecular weight excluding hydrogens is 695 g/mol. The van der Waals surface area contributed by atoms with Crippen molar-refractivity contribution in [3.63, 3.8) is 0 Å². The van der Waals surface area contributed by atoms with E-state index in [2.05, 4.69) is 205 Å². The molecule has 2 aromatic heterocycles. The summed E-state index contributed by atoms with van der Waals surface area (Å²) in [4.78, 5) is 0. The Morgan fingerprint density at radius 1 is 0.268 bits per heavy atom. The summed E-state index contributed by atoms with van der Waals surface area (Å²) in [6, 6.07) is 74.1. The highest BCUT2D eigenvalue weighted by molar-refractivity contribution is 7.25. The van der Waals surface area contributed by atoms with Crippen LogP contribution in [-0.2, 0) is 0 Å². The molecule has 0 spiro atoms. The molecule has 0 atom stereocenters. The van der Waals surface area contributed by atoms with Gasteiger partial charge in [-0.2, -0.15) is 0 Å². The largest absolute Gasteiger partial charge is 0.309 e. The van der Waals surface area contributed by atoms with E-state index < -0.39 is 0 Å². The number of nitrogens with zero attached hydrogens (tertiary/aromatic N) is 1. The molecule has 0 fully saturated rings. The summed E-state index contributed by atoms with van der Waals surface area (Å²) in [5.74, 6) is 0. The van der Waals surface area contributed by atoms with Crippen molar-refractivity contribution in [1.29, 1.82) is 0 Å². The Morgan fingerprint density at radius 2 is 0.750 bits per heavy atom. The maximum atomic E-state index is 2.44. The Kier molecular flexibility index (Phi) is 6.87. The predicted molar refractivity (Wildman–Crippen MR) is 242 cm³/mol. The lowest BCUT2D eigenvalue weighted by molar-refractivity contribution is 1.19. The van der Waals surface area contributed by atoms with Gasteiger partial charge < -0.3 is 4.57 Å². The van der Waals surface area contributed by atoms with Crippen LogP contribution in [0.5, 0.6) is 0 Å². The molecule has 0 amide bonds. The van der Waals surface area contributed by atoms with Gasteiger partial charge in [-0.05, 0) is 132 Å². The highest BCUT2D eigenvalue weighted by Gasteiger charge is 2.15. The lowest BCUT2D eigenvalue weighted by Gasteiger charge is -2.10. The third kappa shape index (κ3) is 5.00. The quantitative estimate of drug-likeness (QED) is 0.170. The van der Waals surface area contributed by atoms with Crippen molar-refractivity contribution in [2.75, 3.05) is 0 Å². The van der Waals surface area contributed by atoms with Crippen LogP contribution in [0.1, 0.15) is 0 Å². The topological polar surface area (TPSA) is 4.93 Å². The molecule has 1 nitrogen and oxygen atoms in total. The van der Waals surface area contributed by atoms with Gasteiger partial charge in [0.25, 0.3) is 0 Å². The van der Waals surface area contributed by atoms with Crippen molar-refractivity contribution in [3.05, 3.63) is 200 Å². The Bertz CT molecular complexity index is 3530. The van der Waals surface area contributed by atoms with Crippen LogP contribution >= 0.6 is 11.3 Å². The van der Waals surface area contributed by atoms with Crippen LogP contribution in [0.15, 0.2) is 200 Å². The zero-order chi connectivity index (χ0) is 36.7. The fourth-order valence-electron chi connectivity index (χ4n) is 8.85. The predicted octanol–water partition coefficient (Wildman–Crippen LogP) is 15.6. The molecule has 0 radical (unpaired) electrons. The minimum atomic E-state index is 1.19. The molecular formula is C54H33NS. The van der Waals surface area contributed by atoms with Gasteiger partial charge in [0.1, 0.15) is 0 Å². The van der Waals surface area contributed by atoms with Crippen molar-refractivity contribution < 1.29 is 0 Å². The summed E-state index contributed by atoms with van der Waals surface area (Å²) in [6.45, 7) is 0. The standard InChI is InChI=1S/C54H33NS/c1-2-8-37-27-41(18-17-34(37)7-1)44-22-21-42-28-40(19-20-43(42)29-44)35-13-15-36(16-14-35)45-23-25-52-48(30-45)47-11-5-6-12-51(47)55(52)46-24-26-53-50(33-46)49-31-38-9-3-4-10-39(38)32-54(49)56-53/h1-33H. The first kappa shape index (κ1) is 31.4. The summed E-state index contributed by atoms with van der Waals surface area (Å²) in [5, 5.41) is 12.8. The van der Waals surface area contributed by atoms with Gasteiger partial charge >= 0.3 is 0 Å². The average molecular weight is 728 g/mol. The number of hydrogen-bond donors (Lipinski definition) is 0. The molecule has 0 unspecified atom stereocenters. The molecule has 10 aromatic carbocycles. The van der Waals surface area contributed by atoms with Gasteiger partial charge in [-0.1, -0.05) is 133 Å². The molecule has 0 N–H and O–H groups in total. The maximum absolute atomic E-state index is 2.44. The van der Waals surface area contributed by atoms with Crippen LogP contribution in [0, 0.1) is 0 Å². The summed E-state index contributed by atoms with van der Waals surface area (Å²) in [5.41, 5.74) is 11.0. The summed E-state index contributed by atoms with van der Waals surface area (Å²) in [6.07, 6.45) is 0. The molecule has 0 saturated carbocycles. The van der Waals surface area contributed by atoms with Crippen LogP contribution in [-0.4, -0.2) is 4.57 Å². The first-order valence-electron chi connectivity index (χ1n) is 19.2. The number of aromatic nitrogens is 1. The van der Waals surface area contributed by atoms with Crippen LogP contribution < -0.4 is 0 Å². The number of hydrogen-bond acceptors (Lipinski definition) is 1. The van der Waals surface area contributed by atoms with Crippen molar-refractivity contribution in [1.82, 2.24) is 4.57 Å². The number of rotatable bonds is 4. The SMILES string of the molecule is c1ccc2cc(-c3ccc4cc(-c5ccc(-c6ccc7c(c6)c6ccccc6n7-c6ccc7sc8cc9ccccc9cc8c7c6)cc5)ccc4c3)ccc2c1. The second-order valence-corrected chi connectivity index (χ2v) is 16.1. The average Bonchev–Trinajstić information content (AvgIpc) is 3.79. The van der Waals surface area contributed by atoms with Crippen molar-refractivity contribution in [3.8, 4) is 39.1 Å². The van der Waals surface area contributed by atoms with Crippen LogP contribution in [0.4, 0.5) is 0 Å². The fourth-order valence-corrected chi connectivity index (χ4v) is 9.97. The van der Waals surface area contributed by atoms with Gasteiger partial charge in [-0.15, -0.1) is 11.3 Å². The van der Waals surface area contributed by atoms with E-state index in [1.165, 1.54) is 113 Å². The second kappa shape index (κ2) is 12.3. The van der Waals surface area contributed by atoms with Crippen molar-refractivity contribution in [2.45, 2.75) is 0 Å². The maximum Gasteiger partial charge on any atom is 0.0541 e. The Labute approximate surface area is 327 Å². The van der Waals surface area contributed by atoms with Crippen LogP contribution in [0.3, 0.4) is 0 Å². The normalized spacial score (nSPS) is 11.9. The van der Waals surface area contributed by atoms with E-state index >= 15 is 0 Å². The van der Waals surface area contributed by atoms with Gasteiger partial charge in [0.15, 0.2) is 0 Å². The van der Waals surface area contributed by atoms with Gasteiger partial charge in [0.2, 0.25) is 0 Å². The lowest BCUT2D eigenvalue weighted by Crippen LogP contribution is -1.93. The Balaban J connectivity index is 0.886. The van der Waals surface area contributed by atoms with Crippen LogP contribution in [0.25, 0.3) is 113 Å². The summed E-state index contributed by atoms with van der Waals surface area (Å²) in [7, 11) is 0. The summed E-state index contributed by atoms with van der Waals surface area (Å²) >= 11 is 1.88. The number of para-hydroxylation sites is 1. The van der Waals surface area contributed by atoms with Crippen LogP contribution in [0.2, 0.25) is 0 Å². The Hall–Kier alpha value is -7.00. The molecule has 260 valence electrons. The zero-order valence-electron chi connectivity index (χ0n) is 30.4. The van der Waals surface area contributed by atoms with Gasteiger partial charge in [0, 0.05) is 36.6 Å². The van der Waals surface area contributed by atoms with Crippen molar-refractivity contribution in [2.24, 2.45) is 0 Å². The molecule has 12 aromatic rings. The molecule has 0 bridgehead atoms. The molecule has 0 aliphatic rings. The van der Waals surface area contributed by atoms with E-state index in [1.807, 2.05) is 11.3 Å². The number of benzene rings is 10. The number of thiophene rings is 1. The number of fused-ring (bicyclic) bond motifs is 9. The van der Waals surface area contributed by atoms with Gasteiger partial charge in [-0.3, -0.25) is 0 Å².